The van der Waals surface area contributed by atoms with E-state index in [0.717, 1.165) is 0 Å². The van der Waals surface area contributed by atoms with E-state index in [9.17, 15) is 59.4 Å². The minimum absolute atomic E-state index is 0.0384. The smallest absolute Gasteiger partial charge is 0.322 e. The molecular formula is C19H24O12. The van der Waals surface area contributed by atoms with E-state index in [1.54, 1.807) is 0 Å². The third-order valence-electron chi connectivity index (χ3n) is 7.33. The van der Waals surface area contributed by atoms with Crippen LogP contribution in [0.15, 0.2) is 0 Å². The molecule has 2 saturated carbocycles. The maximum absolute atomic E-state index is 12.5. The van der Waals surface area contributed by atoms with Crippen LogP contribution in [0.1, 0.15) is 57.8 Å². The number of aliphatic carboxylic acids is 6. The molecule has 12 heteroatoms. The first-order chi connectivity index (χ1) is 14.3. The standard InChI is InChI=1S/C19H24O12/c20-10(21)16(5-1-3-7-18(16,12(24)25)13(26)27)9-17(11(22)23)6-2-4-8-19(17,14(28)29)15(30)31/h1-9H2,(H,20,21)(H,22,23)(H,24,25)(H,26,27)(H,28,29)(H,30,31). The molecule has 2 aliphatic carbocycles. The van der Waals surface area contributed by atoms with E-state index in [4.69, 9.17) is 0 Å². The first-order valence-corrected chi connectivity index (χ1v) is 9.69. The lowest BCUT2D eigenvalue weighted by molar-refractivity contribution is -0.210. The van der Waals surface area contributed by atoms with Gasteiger partial charge in [-0.3, -0.25) is 28.8 Å². The van der Waals surface area contributed by atoms with Crippen LogP contribution in [0, 0.1) is 21.7 Å². The molecule has 0 spiro atoms. The van der Waals surface area contributed by atoms with Crippen molar-refractivity contribution in [1.29, 1.82) is 0 Å². The van der Waals surface area contributed by atoms with Gasteiger partial charge in [0.2, 0.25) is 0 Å². The number of carboxylic acids is 6. The molecule has 0 bridgehead atoms. The SMILES string of the molecule is O=C(O)C1(CC2(C(=O)O)CCCCC2(C(=O)O)C(=O)O)CCCCC1(C(=O)O)C(=O)O. The van der Waals surface area contributed by atoms with E-state index < -0.39 is 89.6 Å². The van der Waals surface area contributed by atoms with Gasteiger partial charge in [-0.25, -0.2) is 0 Å². The van der Waals surface area contributed by atoms with Crippen molar-refractivity contribution >= 4 is 35.8 Å². The molecule has 2 fully saturated rings. The Balaban J connectivity index is 2.91. The van der Waals surface area contributed by atoms with Crippen LogP contribution >= 0.6 is 0 Å². The Morgan fingerprint density at radius 2 is 0.710 bits per heavy atom. The lowest BCUT2D eigenvalue weighted by Gasteiger charge is -2.53. The van der Waals surface area contributed by atoms with Gasteiger partial charge in [0.05, 0.1) is 10.8 Å². The fourth-order valence-corrected chi connectivity index (χ4v) is 5.69. The predicted octanol–water partition coefficient (Wildman–Crippen LogP) is 0.978. The maximum atomic E-state index is 12.5. The highest BCUT2D eigenvalue weighted by molar-refractivity contribution is 6.06. The van der Waals surface area contributed by atoms with Crippen LogP contribution in [-0.4, -0.2) is 66.5 Å². The lowest BCUT2D eigenvalue weighted by Crippen LogP contribution is -2.66. The van der Waals surface area contributed by atoms with Crippen molar-refractivity contribution < 1.29 is 59.4 Å². The normalized spacial score (nSPS) is 29.4. The highest BCUT2D eigenvalue weighted by Crippen LogP contribution is 2.63. The average molecular weight is 444 g/mol. The van der Waals surface area contributed by atoms with Gasteiger partial charge in [0.1, 0.15) is 0 Å². The Morgan fingerprint density at radius 3 is 0.935 bits per heavy atom. The molecule has 0 saturated heterocycles. The highest BCUT2D eigenvalue weighted by atomic mass is 16.4. The van der Waals surface area contributed by atoms with Crippen LogP contribution in [0.3, 0.4) is 0 Å². The minimum atomic E-state index is -2.94. The van der Waals surface area contributed by atoms with Gasteiger partial charge in [-0.05, 0) is 32.1 Å². The number of rotatable bonds is 8. The summed E-state index contributed by atoms with van der Waals surface area (Å²) in [7, 11) is 0. The van der Waals surface area contributed by atoms with E-state index in [1.807, 2.05) is 0 Å². The third kappa shape index (κ3) is 2.95. The number of hydrogen-bond donors (Lipinski definition) is 6. The van der Waals surface area contributed by atoms with Crippen LogP contribution in [0.25, 0.3) is 0 Å². The summed E-state index contributed by atoms with van der Waals surface area (Å²) < 4.78 is 0. The topological polar surface area (TPSA) is 224 Å². The Labute approximate surface area is 175 Å². The zero-order chi connectivity index (χ0) is 23.8. The number of hydrogen-bond acceptors (Lipinski definition) is 6. The van der Waals surface area contributed by atoms with Gasteiger partial charge in [0, 0.05) is 0 Å². The van der Waals surface area contributed by atoms with Gasteiger partial charge in [-0.15, -0.1) is 0 Å². The van der Waals surface area contributed by atoms with Crippen LogP contribution in [0.2, 0.25) is 0 Å². The van der Waals surface area contributed by atoms with Gasteiger partial charge in [0.15, 0.2) is 10.8 Å². The summed E-state index contributed by atoms with van der Waals surface area (Å²) in [5, 5.41) is 59.4. The second kappa shape index (κ2) is 7.82. The molecule has 0 aromatic carbocycles. The molecule has 6 N–H and O–H groups in total. The van der Waals surface area contributed by atoms with E-state index in [-0.39, 0.29) is 25.7 Å². The molecule has 0 radical (unpaired) electrons. The predicted molar refractivity (Wildman–Crippen MR) is 97.1 cm³/mol. The Morgan fingerprint density at radius 1 is 0.452 bits per heavy atom. The fourth-order valence-electron chi connectivity index (χ4n) is 5.69. The van der Waals surface area contributed by atoms with Gasteiger partial charge < -0.3 is 30.6 Å². The van der Waals surface area contributed by atoms with Crippen LogP contribution in [-0.2, 0) is 28.8 Å². The molecule has 2 unspecified atom stereocenters. The number of carbonyl (C=O) groups is 6. The highest BCUT2D eigenvalue weighted by Gasteiger charge is 2.75. The van der Waals surface area contributed by atoms with Crippen molar-refractivity contribution in [1.82, 2.24) is 0 Å². The maximum Gasteiger partial charge on any atom is 0.322 e. The van der Waals surface area contributed by atoms with Gasteiger partial charge in [0.25, 0.3) is 0 Å². The molecular weight excluding hydrogens is 420 g/mol. The molecule has 0 heterocycles. The van der Waals surface area contributed by atoms with Crippen molar-refractivity contribution in [3.05, 3.63) is 0 Å². The zero-order valence-corrected chi connectivity index (χ0v) is 16.5. The average Bonchev–Trinajstić information content (AvgIpc) is 2.67. The summed E-state index contributed by atoms with van der Waals surface area (Å²) in [5.74, 6) is -11.8. The molecule has 2 atom stereocenters. The Kier molecular flexibility index (Phi) is 6.08. The molecule has 172 valence electrons. The summed E-state index contributed by atoms with van der Waals surface area (Å²) in [6.45, 7) is 0. The molecule has 31 heavy (non-hydrogen) atoms. The van der Waals surface area contributed by atoms with Crippen molar-refractivity contribution in [2.24, 2.45) is 21.7 Å². The monoisotopic (exact) mass is 444 g/mol. The first-order valence-electron chi connectivity index (χ1n) is 9.69. The molecule has 0 aromatic heterocycles. The molecule has 2 aliphatic rings. The van der Waals surface area contributed by atoms with Crippen molar-refractivity contribution in [3.63, 3.8) is 0 Å². The van der Waals surface area contributed by atoms with Gasteiger partial charge >= 0.3 is 35.8 Å². The Bertz CT molecular complexity index is 749. The van der Waals surface area contributed by atoms with Gasteiger partial charge in [-0.1, -0.05) is 25.7 Å². The molecule has 0 amide bonds. The summed E-state index contributed by atoms with van der Waals surface area (Å²) in [6, 6.07) is 0. The summed E-state index contributed by atoms with van der Waals surface area (Å²) in [4.78, 5) is 73.6. The second-order valence-electron chi connectivity index (χ2n) is 8.40. The minimum Gasteiger partial charge on any atom is -0.481 e. The van der Waals surface area contributed by atoms with E-state index in [1.165, 1.54) is 0 Å². The van der Waals surface area contributed by atoms with Crippen molar-refractivity contribution in [3.8, 4) is 0 Å². The summed E-state index contributed by atoms with van der Waals surface area (Å²) >= 11 is 0. The first kappa shape index (κ1) is 24.1. The van der Waals surface area contributed by atoms with Crippen LogP contribution in [0.5, 0.6) is 0 Å². The van der Waals surface area contributed by atoms with Crippen LogP contribution < -0.4 is 0 Å². The molecule has 12 nitrogen and oxygen atoms in total. The zero-order valence-electron chi connectivity index (χ0n) is 16.5. The molecule has 0 aliphatic heterocycles. The van der Waals surface area contributed by atoms with Crippen molar-refractivity contribution in [2.75, 3.05) is 0 Å². The summed E-state index contributed by atoms with van der Waals surface area (Å²) in [5.41, 5.74) is -11.3. The van der Waals surface area contributed by atoms with Crippen LogP contribution in [0.4, 0.5) is 0 Å². The second-order valence-corrected chi connectivity index (χ2v) is 8.40. The van der Waals surface area contributed by atoms with Crippen molar-refractivity contribution in [2.45, 2.75) is 57.8 Å². The fraction of sp³-hybridized carbons (Fsp3) is 0.684. The molecule has 0 aromatic rings. The van der Waals surface area contributed by atoms with E-state index in [2.05, 4.69) is 0 Å². The third-order valence-corrected chi connectivity index (χ3v) is 7.33. The van der Waals surface area contributed by atoms with E-state index >= 15 is 0 Å². The number of carboxylic acid groups (broad SMARTS) is 6. The molecule has 2 rings (SSSR count). The lowest BCUT2D eigenvalue weighted by atomic mass is 9.45. The Hall–Kier alpha value is -3.18. The summed E-state index contributed by atoms with van der Waals surface area (Å²) in [6.07, 6.45) is -3.40. The van der Waals surface area contributed by atoms with E-state index in [0.29, 0.717) is 0 Å². The largest absolute Gasteiger partial charge is 0.481 e. The quantitative estimate of drug-likeness (QED) is 0.288. The van der Waals surface area contributed by atoms with Gasteiger partial charge in [-0.2, -0.15) is 0 Å².